The summed E-state index contributed by atoms with van der Waals surface area (Å²) in [5.41, 5.74) is 2.59. The van der Waals surface area contributed by atoms with Gasteiger partial charge < -0.3 is 15.2 Å². The molecule has 0 bridgehead atoms. The van der Waals surface area contributed by atoms with E-state index in [4.69, 9.17) is 4.74 Å². The molecule has 1 aliphatic carbocycles. The second kappa shape index (κ2) is 11.3. The van der Waals surface area contributed by atoms with Gasteiger partial charge in [0, 0.05) is 12.0 Å². The molecule has 0 saturated heterocycles. The molecular weight excluding hydrogens is 426 g/mol. The number of hydrogen-bond acceptors (Lipinski definition) is 3. The van der Waals surface area contributed by atoms with Crippen LogP contribution in [-0.4, -0.2) is 17.0 Å². The van der Waals surface area contributed by atoms with Gasteiger partial charge in [0.25, 0.3) is 0 Å². The van der Waals surface area contributed by atoms with Crippen LogP contribution in [0.2, 0.25) is 0 Å². The Balaban J connectivity index is 1.42. The monoisotopic (exact) mass is 455 g/mol. The van der Waals surface area contributed by atoms with Crippen LogP contribution < -0.4 is 10.1 Å². The zero-order chi connectivity index (χ0) is 23.8. The van der Waals surface area contributed by atoms with Gasteiger partial charge in [-0.15, -0.1) is 0 Å². The first-order valence-corrected chi connectivity index (χ1v) is 11.8. The van der Waals surface area contributed by atoms with Crippen LogP contribution in [0.3, 0.4) is 0 Å². The van der Waals surface area contributed by atoms with Crippen molar-refractivity contribution in [1.82, 2.24) is 5.32 Å². The number of rotatable bonds is 9. The maximum atomic E-state index is 12.3. The van der Waals surface area contributed by atoms with Crippen LogP contribution in [0, 0.1) is 5.92 Å². The molecule has 5 heteroatoms. The van der Waals surface area contributed by atoms with Crippen molar-refractivity contribution in [2.75, 3.05) is 0 Å². The number of para-hydroxylation sites is 1. The van der Waals surface area contributed by atoms with Crippen LogP contribution in [-0.2, 0) is 9.59 Å². The predicted octanol–water partition coefficient (Wildman–Crippen LogP) is 6.66. The molecule has 0 atom stereocenters. The first-order valence-electron chi connectivity index (χ1n) is 11.8. The molecule has 34 heavy (non-hydrogen) atoms. The molecule has 1 aliphatic rings. The minimum Gasteiger partial charge on any atom is -0.477 e. The third-order valence-electron chi connectivity index (χ3n) is 6.15. The lowest BCUT2D eigenvalue weighted by Crippen LogP contribution is -2.27. The van der Waals surface area contributed by atoms with Crippen LogP contribution in [0.1, 0.15) is 44.1 Å². The average Bonchev–Trinajstić information content (AvgIpc) is 3.38. The maximum Gasteiger partial charge on any atom is 0.352 e. The third kappa shape index (κ3) is 6.35. The first-order chi connectivity index (χ1) is 16.6. The van der Waals surface area contributed by atoms with E-state index in [0.29, 0.717) is 23.7 Å². The Kier molecular flexibility index (Phi) is 7.76. The van der Waals surface area contributed by atoms with E-state index in [2.05, 4.69) is 5.32 Å². The minimum absolute atomic E-state index is 0.125. The Bertz CT molecular complexity index is 1150. The van der Waals surface area contributed by atoms with Crippen molar-refractivity contribution in [1.29, 1.82) is 0 Å². The lowest BCUT2D eigenvalue weighted by molar-refractivity contribution is -0.134. The molecule has 2 N–H and O–H groups in total. The summed E-state index contributed by atoms with van der Waals surface area (Å²) in [6.07, 6.45) is 7.42. The highest BCUT2D eigenvalue weighted by molar-refractivity contribution is 5.96. The summed E-state index contributed by atoms with van der Waals surface area (Å²) in [6, 6.07) is 25.0. The number of aliphatic carboxylic acids is 1. The molecular formula is C29H29NO4. The number of ether oxygens (including phenoxy) is 1. The van der Waals surface area contributed by atoms with E-state index in [1.165, 1.54) is 31.8 Å². The number of nitrogens with one attached hydrogen (secondary N) is 1. The lowest BCUT2D eigenvalue weighted by atomic mass is 10.0. The molecule has 4 rings (SSSR count). The number of carboxylic acids is 1. The largest absolute Gasteiger partial charge is 0.477 e. The Hall–Kier alpha value is -3.86. The van der Waals surface area contributed by atoms with E-state index in [9.17, 15) is 14.7 Å². The number of benzene rings is 3. The molecule has 0 heterocycles. The SMILES string of the molecule is O=C(CCC1CCCC1)NC(=Cc1ccc(Oc2ccccc2-c2ccccc2)cc1)C(=O)O. The number of hydrogen-bond donors (Lipinski definition) is 2. The summed E-state index contributed by atoms with van der Waals surface area (Å²) in [4.78, 5) is 23.9. The summed E-state index contributed by atoms with van der Waals surface area (Å²) >= 11 is 0. The van der Waals surface area contributed by atoms with Crippen molar-refractivity contribution in [2.45, 2.75) is 38.5 Å². The van der Waals surface area contributed by atoms with Gasteiger partial charge in [-0.05, 0) is 47.7 Å². The van der Waals surface area contributed by atoms with Gasteiger partial charge in [0.05, 0.1) is 0 Å². The summed E-state index contributed by atoms with van der Waals surface area (Å²) in [5, 5.41) is 12.1. The average molecular weight is 456 g/mol. The molecule has 0 radical (unpaired) electrons. The molecule has 3 aromatic rings. The van der Waals surface area contributed by atoms with Crippen molar-refractivity contribution in [3.05, 3.63) is 90.1 Å². The molecule has 0 aliphatic heterocycles. The van der Waals surface area contributed by atoms with Crippen molar-refractivity contribution < 1.29 is 19.4 Å². The Labute approximate surface area is 200 Å². The van der Waals surface area contributed by atoms with Crippen molar-refractivity contribution >= 4 is 18.0 Å². The van der Waals surface area contributed by atoms with Gasteiger partial charge in [0.1, 0.15) is 17.2 Å². The van der Waals surface area contributed by atoms with Gasteiger partial charge in [-0.3, -0.25) is 4.79 Å². The van der Waals surface area contributed by atoms with Crippen molar-refractivity contribution in [2.24, 2.45) is 5.92 Å². The zero-order valence-corrected chi connectivity index (χ0v) is 19.1. The van der Waals surface area contributed by atoms with Gasteiger partial charge in [0.2, 0.25) is 5.91 Å². The van der Waals surface area contributed by atoms with E-state index in [0.717, 1.165) is 23.3 Å². The smallest absolute Gasteiger partial charge is 0.352 e. The number of carbonyl (C=O) groups is 2. The molecule has 174 valence electrons. The number of carboxylic acid groups (broad SMARTS) is 1. The van der Waals surface area contributed by atoms with E-state index in [-0.39, 0.29) is 11.6 Å². The number of carbonyl (C=O) groups excluding carboxylic acids is 1. The number of amides is 1. The molecule has 3 aromatic carbocycles. The summed E-state index contributed by atoms with van der Waals surface area (Å²) in [7, 11) is 0. The standard InChI is InChI=1S/C29H29NO4/c31-28(19-16-21-8-4-5-9-21)30-26(29(32)33)20-22-14-17-24(18-15-22)34-27-13-7-6-12-25(27)23-10-2-1-3-11-23/h1-3,6-7,10-15,17-18,20-21H,4-5,8-9,16,19H2,(H,30,31)(H,32,33). The predicted molar refractivity (Wildman–Crippen MR) is 133 cm³/mol. The molecule has 1 fully saturated rings. The maximum absolute atomic E-state index is 12.3. The van der Waals surface area contributed by atoms with Crippen LogP contribution in [0.25, 0.3) is 17.2 Å². The highest BCUT2D eigenvalue weighted by Gasteiger charge is 2.18. The molecule has 5 nitrogen and oxygen atoms in total. The zero-order valence-electron chi connectivity index (χ0n) is 19.1. The summed E-state index contributed by atoms with van der Waals surface area (Å²) < 4.78 is 6.11. The molecule has 1 amide bonds. The van der Waals surface area contributed by atoms with Gasteiger partial charge >= 0.3 is 5.97 Å². The summed E-state index contributed by atoms with van der Waals surface area (Å²) in [6.45, 7) is 0. The van der Waals surface area contributed by atoms with Gasteiger partial charge in [-0.25, -0.2) is 4.79 Å². The first kappa shape index (κ1) is 23.3. The summed E-state index contributed by atoms with van der Waals surface area (Å²) in [5.74, 6) is 0.544. The van der Waals surface area contributed by atoms with Crippen LogP contribution in [0.15, 0.2) is 84.6 Å². The van der Waals surface area contributed by atoms with Crippen molar-refractivity contribution in [3.8, 4) is 22.6 Å². The topological polar surface area (TPSA) is 75.6 Å². The fourth-order valence-electron chi connectivity index (χ4n) is 4.34. The van der Waals surface area contributed by atoms with Crippen LogP contribution in [0.5, 0.6) is 11.5 Å². The van der Waals surface area contributed by atoms with Gasteiger partial charge in [-0.2, -0.15) is 0 Å². The molecule has 1 saturated carbocycles. The highest BCUT2D eigenvalue weighted by Crippen LogP contribution is 2.33. The quantitative estimate of drug-likeness (QED) is 0.354. The lowest BCUT2D eigenvalue weighted by Gasteiger charge is -2.12. The van der Waals surface area contributed by atoms with Crippen molar-refractivity contribution in [3.63, 3.8) is 0 Å². The normalized spacial score (nSPS) is 14.1. The van der Waals surface area contributed by atoms with E-state index < -0.39 is 5.97 Å². The van der Waals surface area contributed by atoms with E-state index in [1.807, 2.05) is 54.6 Å². The van der Waals surface area contributed by atoms with Gasteiger partial charge in [0.15, 0.2) is 0 Å². The van der Waals surface area contributed by atoms with E-state index >= 15 is 0 Å². The second-order valence-corrected chi connectivity index (χ2v) is 8.63. The van der Waals surface area contributed by atoms with Crippen LogP contribution in [0.4, 0.5) is 0 Å². The Morgan fingerprint density at radius 1 is 0.912 bits per heavy atom. The fraction of sp³-hybridized carbons (Fsp3) is 0.241. The fourth-order valence-corrected chi connectivity index (χ4v) is 4.34. The van der Waals surface area contributed by atoms with Gasteiger partial charge in [-0.1, -0.05) is 86.3 Å². The Morgan fingerprint density at radius 2 is 1.59 bits per heavy atom. The van der Waals surface area contributed by atoms with Crippen LogP contribution >= 0.6 is 0 Å². The molecule has 0 spiro atoms. The molecule has 0 aromatic heterocycles. The highest BCUT2D eigenvalue weighted by atomic mass is 16.5. The molecule has 0 unspecified atom stereocenters. The second-order valence-electron chi connectivity index (χ2n) is 8.63. The Morgan fingerprint density at radius 3 is 2.29 bits per heavy atom. The third-order valence-corrected chi connectivity index (χ3v) is 6.15. The van der Waals surface area contributed by atoms with E-state index in [1.54, 1.807) is 24.3 Å². The minimum atomic E-state index is -1.16.